The zero-order valence-electron chi connectivity index (χ0n) is 11.8. The van der Waals surface area contributed by atoms with E-state index in [2.05, 4.69) is 0 Å². The summed E-state index contributed by atoms with van der Waals surface area (Å²) in [4.78, 5) is 26.0. The summed E-state index contributed by atoms with van der Waals surface area (Å²) < 4.78 is 5.15. The summed E-state index contributed by atoms with van der Waals surface area (Å²) in [6, 6.07) is 7.32. The molecule has 1 aromatic rings. The first-order chi connectivity index (χ1) is 9.56. The molecule has 0 spiro atoms. The lowest BCUT2D eigenvalue weighted by molar-refractivity contribution is -0.124. The van der Waals surface area contributed by atoms with Gasteiger partial charge in [-0.25, -0.2) is 0 Å². The number of ether oxygens (including phenoxy) is 1. The van der Waals surface area contributed by atoms with E-state index >= 15 is 0 Å². The summed E-state index contributed by atoms with van der Waals surface area (Å²) in [6.45, 7) is 3.84. The fourth-order valence-corrected chi connectivity index (χ4v) is 2.86. The zero-order valence-corrected chi connectivity index (χ0v) is 12.6. The van der Waals surface area contributed by atoms with Gasteiger partial charge in [-0.05, 0) is 48.9 Å². The number of thioether (sulfide) groups is 1. The van der Waals surface area contributed by atoms with Gasteiger partial charge in [-0.1, -0.05) is 19.1 Å². The van der Waals surface area contributed by atoms with Gasteiger partial charge < -0.3 is 4.74 Å². The lowest BCUT2D eigenvalue weighted by Gasteiger charge is -2.19. The summed E-state index contributed by atoms with van der Waals surface area (Å²) in [5, 5.41) is -0.196. The van der Waals surface area contributed by atoms with Crippen molar-refractivity contribution >= 4 is 29.0 Å². The predicted molar refractivity (Wildman–Crippen MR) is 80.6 cm³/mol. The quantitative estimate of drug-likeness (QED) is 0.796. The number of benzene rings is 1. The monoisotopic (exact) mass is 291 g/mol. The molecule has 4 nitrogen and oxygen atoms in total. The van der Waals surface area contributed by atoms with Crippen molar-refractivity contribution in [1.29, 1.82) is 0 Å². The molecule has 2 rings (SSSR count). The van der Waals surface area contributed by atoms with Gasteiger partial charge in [-0.15, -0.1) is 0 Å². The second-order valence-corrected chi connectivity index (χ2v) is 5.58. The van der Waals surface area contributed by atoms with Crippen LogP contribution in [-0.4, -0.2) is 29.2 Å². The Morgan fingerprint density at radius 1 is 1.40 bits per heavy atom. The van der Waals surface area contributed by atoms with Crippen molar-refractivity contribution in [3.63, 3.8) is 0 Å². The molecular weight excluding hydrogens is 274 g/mol. The molecule has 0 N–H and O–H groups in total. The van der Waals surface area contributed by atoms with Gasteiger partial charge in [0.25, 0.3) is 11.1 Å². The van der Waals surface area contributed by atoms with Crippen LogP contribution in [0.2, 0.25) is 0 Å². The normalized spacial score (nSPS) is 18.8. The van der Waals surface area contributed by atoms with Crippen molar-refractivity contribution < 1.29 is 14.3 Å². The average molecular weight is 291 g/mol. The Labute approximate surface area is 122 Å². The minimum atomic E-state index is -0.211. The van der Waals surface area contributed by atoms with Crippen molar-refractivity contribution in [3.8, 4) is 5.75 Å². The molecule has 1 heterocycles. The van der Waals surface area contributed by atoms with E-state index in [1.807, 2.05) is 38.1 Å². The second-order valence-electron chi connectivity index (χ2n) is 4.59. The average Bonchev–Trinajstić information content (AvgIpc) is 2.73. The Balaban J connectivity index is 2.27. The van der Waals surface area contributed by atoms with Crippen LogP contribution in [0.15, 0.2) is 29.2 Å². The fraction of sp³-hybridized carbons (Fsp3) is 0.333. The number of imide groups is 1. The molecule has 0 aliphatic carbocycles. The lowest BCUT2D eigenvalue weighted by Crippen LogP contribution is -2.36. The van der Waals surface area contributed by atoms with Gasteiger partial charge in [0.15, 0.2) is 0 Å². The molecule has 1 aromatic carbocycles. The van der Waals surface area contributed by atoms with Crippen molar-refractivity contribution in [1.82, 2.24) is 4.90 Å². The summed E-state index contributed by atoms with van der Waals surface area (Å²) in [7, 11) is 1.59. The number of methoxy groups -OCH3 is 1. The van der Waals surface area contributed by atoms with Gasteiger partial charge in [0.05, 0.1) is 12.0 Å². The van der Waals surface area contributed by atoms with Crippen LogP contribution in [0.25, 0.3) is 6.08 Å². The smallest absolute Gasteiger partial charge is 0.293 e. The first kappa shape index (κ1) is 14.7. The van der Waals surface area contributed by atoms with Crippen molar-refractivity contribution in [3.05, 3.63) is 34.7 Å². The van der Waals surface area contributed by atoms with Gasteiger partial charge >= 0.3 is 0 Å². The maximum Gasteiger partial charge on any atom is 0.293 e. The first-order valence-corrected chi connectivity index (χ1v) is 7.29. The number of rotatable bonds is 4. The number of hydrogen-bond acceptors (Lipinski definition) is 4. The van der Waals surface area contributed by atoms with Crippen molar-refractivity contribution in [2.75, 3.05) is 7.11 Å². The molecule has 1 aliphatic rings. The summed E-state index contributed by atoms with van der Waals surface area (Å²) >= 11 is 0.992. The SMILES string of the molecule is CC[C@H](C)N1C(=O)S/C(=C\c2cccc(OC)c2)C1=O. The maximum atomic E-state index is 12.3. The van der Waals surface area contributed by atoms with E-state index in [1.54, 1.807) is 13.2 Å². The van der Waals surface area contributed by atoms with Crippen LogP contribution in [0.3, 0.4) is 0 Å². The van der Waals surface area contributed by atoms with E-state index < -0.39 is 0 Å². The number of amides is 2. The fourth-order valence-electron chi connectivity index (χ4n) is 1.93. The van der Waals surface area contributed by atoms with E-state index in [0.717, 1.165) is 29.5 Å². The van der Waals surface area contributed by atoms with E-state index in [4.69, 9.17) is 4.74 Å². The Hall–Kier alpha value is -1.75. The zero-order chi connectivity index (χ0) is 14.7. The van der Waals surface area contributed by atoms with E-state index in [0.29, 0.717) is 4.91 Å². The molecule has 1 atom stereocenters. The molecule has 0 unspecified atom stereocenters. The third-order valence-corrected chi connectivity index (χ3v) is 4.13. The number of carbonyl (C=O) groups excluding carboxylic acids is 2. The molecule has 1 saturated heterocycles. The highest BCUT2D eigenvalue weighted by Gasteiger charge is 2.37. The summed E-state index contributed by atoms with van der Waals surface area (Å²) in [5.74, 6) is 0.511. The van der Waals surface area contributed by atoms with Crippen LogP contribution < -0.4 is 4.74 Å². The molecule has 2 amide bonds. The van der Waals surface area contributed by atoms with Crippen molar-refractivity contribution in [2.24, 2.45) is 0 Å². The maximum absolute atomic E-state index is 12.3. The largest absolute Gasteiger partial charge is 0.497 e. The van der Waals surface area contributed by atoms with Crippen LogP contribution in [0.4, 0.5) is 4.79 Å². The third-order valence-electron chi connectivity index (χ3n) is 3.25. The molecule has 0 radical (unpaired) electrons. The number of carbonyl (C=O) groups is 2. The molecule has 5 heteroatoms. The molecule has 20 heavy (non-hydrogen) atoms. The van der Waals surface area contributed by atoms with E-state index in [-0.39, 0.29) is 17.2 Å². The van der Waals surface area contributed by atoms with E-state index in [1.165, 1.54) is 4.90 Å². The summed E-state index contributed by atoms with van der Waals surface area (Å²) in [6.07, 6.45) is 2.49. The molecule has 106 valence electrons. The highest BCUT2D eigenvalue weighted by molar-refractivity contribution is 8.18. The van der Waals surface area contributed by atoms with Crippen LogP contribution in [0.1, 0.15) is 25.8 Å². The Bertz CT molecular complexity index is 568. The predicted octanol–water partition coefficient (Wildman–Crippen LogP) is 3.53. The summed E-state index contributed by atoms with van der Waals surface area (Å²) in [5.41, 5.74) is 0.846. The molecule has 0 saturated carbocycles. The highest BCUT2D eigenvalue weighted by Crippen LogP contribution is 2.34. The molecule has 0 bridgehead atoms. The Kier molecular flexibility index (Phi) is 4.49. The standard InChI is InChI=1S/C15H17NO3S/c1-4-10(2)16-14(17)13(20-15(16)18)9-11-6-5-7-12(8-11)19-3/h5-10H,4H2,1-3H3/b13-9-/t10-/m0/s1. The van der Waals surface area contributed by atoms with Gasteiger partial charge in [0, 0.05) is 6.04 Å². The van der Waals surface area contributed by atoms with Crippen molar-refractivity contribution in [2.45, 2.75) is 26.3 Å². The Morgan fingerprint density at radius 2 is 2.15 bits per heavy atom. The topological polar surface area (TPSA) is 46.6 Å². The Morgan fingerprint density at radius 3 is 2.80 bits per heavy atom. The minimum Gasteiger partial charge on any atom is -0.497 e. The molecule has 0 aromatic heterocycles. The highest BCUT2D eigenvalue weighted by atomic mass is 32.2. The van der Waals surface area contributed by atoms with Crippen LogP contribution in [0.5, 0.6) is 5.75 Å². The first-order valence-electron chi connectivity index (χ1n) is 6.48. The van der Waals surface area contributed by atoms with Crippen LogP contribution in [0, 0.1) is 0 Å². The number of hydrogen-bond donors (Lipinski definition) is 0. The molecular formula is C15H17NO3S. The molecule has 1 aliphatic heterocycles. The van der Waals surface area contributed by atoms with E-state index in [9.17, 15) is 9.59 Å². The third kappa shape index (κ3) is 2.88. The number of nitrogens with zero attached hydrogens (tertiary/aromatic N) is 1. The second kappa shape index (κ2) is 6.13. The van der Waals surface area contributed by atoms with Gasteiger partial charge in [-0.2, -0.15) is 0 Å². The van der Waals surface area contributed by atoms with Gasteiger partial charge in [0.1, 0.15) is 5.75 Å². The van der Waals surface area contributed by atoms with Crippen LogP contribution >= 0.6 is 11.8 Å². The minimum absolute atomic E-state index is 0.0706. The van der Waals surface area contributed by atoms with Crippen LogP contribution in [-0.2, 0) is 4.79 Å². The van der Waals surface area contributed by atoms with Gasteiger partial charge in [-0.3, -0.25) is 14.5 Å². The lowest BCUT2D eigenvalue weighted by atomic mass is 10.2. The van der Waals surface area contributed by atoms with Gasteiger partial charge in [0.2, 0.25) is 0 Å². The molecule has 1 fully saturated rings.